The van der Waals surface area contributed by atoms with Crippen LogP contribution in [-0.4, -0.2) is 24.4 Å². The van der Waals surface area contributed by atoms with Crippen molar-refractivity contribution in [3.63, 3.8) is 0 Å². The minimum absolute atomic E-state index is 0.157. The lowest BCUT2D eigenvalue weighted by Crippen LogP contribution is -2.32. The number of hydrogen-bond donors (Lipinski definition) is 3. The second-order valence-corrected chi connectivity index (χ2v) is 6.67. The molecule has 2 aromatic rings. The molecule has 7 heteroatoms. The molecule has 0 aromatic heterocycles. The van der Waals surface area contributed by atoms with Gasteiger partial charge in [-0.25, -0.2) is 4.39 Å². The minimum atomic E-state index is -0.423. The minimum Gasteiger partial charge on any atom is -0.343 e. The molecule has 0 unspecified atom stereocenters. The van der Waals surface area contributed by atoms with Gasteiger partial charge in [0.2, 0.25) is 5.91 Å². The highest BCUT2D eigenvalue weighted by atomic mass is 32.2. The van der Waals surface area contributed by atoms with Crippen LogP contribution in [0.25, 0.3) is 0 Å². The van der Waals surface area contributed by atoms with E-state index in [-0.39, 0.29) is 12.5 Å². The van der Waals surface area contributed by atoms with Crippen molar-refractivity contribution < 1.29 is 14.0 Å². The van der Waals surface area contributed by atoms with Crippen molar-refractivity contribution in [2.24, 2.45) is 0 Å². The predicted octanol–water partition coefficient (Wildman–Crippen LogP) is 2.95. The van der Waals surface area contributed by atoms with E-state index < -0.39 is 11.7 Å². The molecule has 1 aliphatic rings. The Morgan fingerprint density at radius 3 is 2.36 bits per heavy atom. The maximum Gasteiger partial charge on any atom is 0.251 e. The van der Waals surface area contributed by atoms with Crippen LogP contribution < -0.4 is 15.4 Å². The summed E-state index contributed by atoms with van der Waals surface area (Å²) in [4.78, 5) is 24.9. The molecular weight excluding hydrogens is 341 g/mol. The first-order chi connectivity index (χ1) is 12.1. The molecule has 1 aliphatic carbocycles. The maximum absolute atomic E-state index is 12.8. The first-order valence-electron chi connectivity index (χ1n) is 7.96. The summed E-state index contributed by atoms with van der Waals surface area (Å²) in [5.41, 5.74) is 0.968. The van der Waals surface area contributed by atoms with Gasteiger partial charge in [-0.3, -0.25) is 14.3 Å². The van der Waals surface area contributed by atoms with Crippen molar-refractivity contribution in [3.8, 4) is 0 Å². The molecule has 0 saturated heterocycles. The topological polar surface area (TPSA) is 70.2 Å². The smallest absolute Gasteiger partial charge is 0.251 e. The summed E-state index contributed by atoms with van der Waals surface area (Å²) in [7, 11) is 0. The van der Waals surface area contributed by atoms with E-state index in [0.29, 0.717) is 17.3 Å². The average molecular weight is 359 g/mol. The van der Waals surface area contributed by atoms with Crippen LogP contribution in [0.3, 0.4) is 0 Å². The summed E-state index contributed by atoms with van der Waals surface area (Å²) < 4.78 is 16.2. The van der Waals surface area contributed by atoms with Crippen LogP contribution in [0.2, 0.25) is 0 Å². The molecule has 5 nitrogen and oxygen atoms in total. The fraction of sp³-hybridized carbons (Fsp3) is 0.222. The summed E-state index contributed by atoms with van der Waals surface area (Å²) in [6.45, 7) is -0.157. The van der Waals surface area contributed by atoms with Crippen LogP contribution in [0, 0.1) is 5.82 Å². The number of nitrogens with one attached hydrogen (secondary N) is 3. The summed E-state index contributed by atoms with van der Waals surface area (Å²) in [6, 6.07) is 13.2. The van der Waals surface area contributed by atoms with Crippen LogP contribution in [0.5, 0.6) is 0 Å². The van der Waals surface area contributed by atoms with Crippen molar-refractivity contribution in [3.05, 3.63) is 59.9 Å². The molecule has 1 fully saturated rings. The van der Waals surface area contributed by atoms with Gasteiger partial charge < -0.3 is 10.6 Å². The van der Waals surface area contributed by atoms with Gasteiger partial charge >= 0.3 is 0 Å². The monoisotopic (exact) mass is 359 g/mol. The molecule has 130 valence electrons. The third-order valence-electron chi connectivity index (χ3n) is 3.57. The van der Waals surface area contributed by atoms with Crippen molar-refractivity contribution in [2.75, 3.05) is 11.9 Å². The van der Waals surface area contributed by atoms with E-state index in [9.17, 15) is 14.0 Å². The summed E-state index contributed by atoms with van der Waals surface area (Å²) in [6.07, 6.45) is 2.45. The van der Waals surface area contributed by atoms with E-state index in [1.165, 1.54) is 37.1 Å². The molecule has 0 bridgehead atoms. The molecule has 25 heavy (non-hydrogen) atoms. The van der Waals surface area contributed by atoms with E-state index in [2.05, 4.69) is 15.4 Å². The molecule has 1 saturated carbocycles. The fourth-order valence-corrected chi connectivity index (χ4v) is 2.84. The number of amides is 2. The zero-order valence-corrected chi connectivity index (χ0v) is 14.2. The number of hydrogen-bond acceptors (Lipinski definition) is 4. The highest BCUT2D eigenvalue weighted by molar-refractivity contribution is 7.97. The first kappa shape index (κ1) is 17.4. The quantitative estimate of drug-likeness (QED) is 0.665. The van der Waals surface area contributed by atoms with Crippen molar-refractivity contribution in [1.29, 1.82) is 0 Å². The Bertz CT molecular complexity index is 746. The largest absolute Gasteiger partial charge is 0.343 e. The third-order valence-corrected chi connectivity index (χ3v) is 4.53. The molecule has 0 radical (unpaired) electrons. The highest BCUT2D eigenvalue weighted by Crippen LogP contribution is 2.25. The number of anilines is 1. The van der Waals surface area contributed by atoms with E-state index in [0.717, 1.165) is 4.90 Å². The van der Waals surface area contributed by atoms with Crippen LogP contribution in [0.1, 0.15) is 23.2 Å². The van der Waals surface area contributed by atoms with Gasteiger partial charge in [0.25, 0.3) is 5.91 Å². The van der Waals surface area contributed by atoms with E-state index in [1.54, 1.807) is 11.9 Å². The Morgan fingerprint density at radius 1 is 1.04 bits per heavy atom. The standard InChI is InChI=1S/C18H18FN3O2S/c19-13-3-1-12(2-4-13)18(24)20-11-17(23)21-14-7-9-16(10-8-14)25-22-15-5-6-15/h1-4,7-10,15,22H,5-6,11H2,(H,20,24)(H,21,23). The van der Waals surface area contributed by atoms with Crippen LogP contribution in [0.4, 0.5) is 10.1 Å². The number of halogens is 1. The Labute approximate surface area is 149 Å². The number of rotatable bonds is 7. The van der Waals surface area contributed by atoms with E-state index in [1.807, 2.05) is 24.3 Å². The Hall–Kier alpha value is -2.38. The highest BCUT2D eigenvalue weighted by Gasteiger charge is 2.20. The van der Waals surface area contributed by atoms with Gasteiger partial charge in [-0.2, -0.15) is 0 Å². The van der Waals surface area contributed by atoms with Gasteiger partial charge in [-0.1, -0.05) is 0 Å². The molecule has 3 N–H and O–H groups in total. The van der Waals surface area contributed by atoms with Gasteiger partial charge in [0.15, 0.2) is 0 Å². The molecule has 0 atom stereocenters. The van der Waals surface area contributed by atoms with Crippen molar-refractivity contribution >= 4 is 29.4 Å². The Kier molecular flexibility index (Phi) is 5.67. The number of carbonyl (C=O) groups is 2. The normalized spacial score (nSPS) is 13.3. The number of carbonyl (C=O) groups excluding carboxylic acids is 2. The summed E-state index contributed by atoms with van der Waals surface area (Å²) in [5, 5.41) is 5.22. The molecule has 0 aliphatic heterocycles. The van der Waals surface area contributed by atoms with Crippen molar-refractivity contribution in [2.45, 2.75) is 23.8 Å². The maximum atomic E-state index is 12.8. The summed E-state index contributed by atoms with van der Waals surface area (Å²) in [5.74, 6) is -1.16. The predicted molar refractivity (Wildman–Crippen MR) is 95.8 cm³/mol. The first-order valence-corrected chi connectivity index (χ1v) is 8.78. The molecule has 2 aromatic carbocycles. The molecule has 2 amide bonds. The van der Waals surface area contributed by atoms with E-state index >= 15 is 0 Å². The van der Waals surface area contributed by atoms with Gasteiger partial charge in [0, 0.05) is 22.2 Å². The van der Waals surface area contributed by atoms with Crippen molar-refractivity contribution in [1.82, 2.24) is 10.0 Å². The second-order valence-electron chi connectivity index (χ2n) is 5.76. The van der Waals surface area contributed by atoms with Gasteiger partial charge in [0.05, 0.1) is 6.54 Å². The molecule has 3 rings (SSSR count). The lowest BCUT2D eigenvalue weighted by Gasteiger charge is -2.08. The SMILES string of the molecule is O=C(CNC(=O)c1ccc(F)cc1)Nc1ccc(SNC2CC2)cc1. The molecule has 0 heterocycles. The van der Waals surface area contributed by atoms with E-state index in [4.69, 9.17) is 0 Å². The van der Waals surface area contributed by atoms with Gasteiger partial charge in [0.1, 0.15) is 5.82 Å². The Morgan fingerprint density at radius 2 is 1.72 bits per heavy atom. The van der Waals surface area contributed by atoms with Crippen LogP contribution in [-0.2, 0) is 4.79 Å². The fourth-order valence-electron chi connectivity index (χ4n) is 2.03. The molecular formula is C18H18FN3O2S. The van der Waals surface area contributed by atoms with Gasteiger partial charge in [-0.15, -0.1) is 0 Å². The number of benzene rings is 2. The third kappa shape index (κ3) is 5.58. The van der Waals surface area contributed by atoms with Crippen LogP contribution >= 0.6 is 11.9 Å². The second kappa shape index (κ2) is 8.13. The lowest BCUT2D eigenvalue weighted by molar-refractivity contribution is -0.115. The molecule has 0 spiro atoms. The zero-order valence-electron chi connectivity index (χ0n) is 13.4. The van der Waals surface area contributed by atoms with Crippen LogP contribution in [0.15, 0.2) is 53.4 Å². The Balaban J connectivity index is 1.43. The zero-order chi connectivity index (χ0) is 17.6. The summed E-state index contributed by atoms with van der Waals surface area (Å²) >= 11 is 1.58. The average Bonchev–Trinajstić information content (AvgIpc) is 3.44. The lowest BCUT2D eigenvalue weighted by atomic mass is 10.2. The van der Waals surface area contributed by atoms with Gasteiger partial charge in [-0.05, 0) is 73.3 Å².